The highest BCUT2D eigenvalue weighted by atomic mass is 16.5. The number of esters is 1. The van der Waals surface area contributed by atoms with Gasteiger partial charge in [0.1, 0.15) is 12.6 Å². The van der Waals surface area contributed by atoms with Gasteiger partial charge in [0.15, 0.2) is 0 Å². The zero-order chi connectivity index (χ0) is 41.7. The third-order valence-electron chi connectivity index (χ3n) is 17.3. The normalized spacial score (nSPS) is 35.0. The van der Waals surface area contributed by atoms with Crippen LogP contribution in [-0.4, -0.2) is 48.1 Å². The second-order valence-corrected chi connectivity index (χ2v) is 21.7. The maximum atomic E-state index is 14.5. The van der Waals surface area contributed by atoms with Gasteiger partial charge in [-0.1, -0.05) is 118 Å². The number of unbranched alkanes of at least 4 members (excludes halogenated alkanes) is 9. The van der Waals surface area contributed by atoms with E-state index in [9.17, 15) is 19.2 Å². The average Bonchev–Trinajstić information content (AvgIpc) is 3.14. The summed E-state index contributed by atoms with van der Waals surface area (Å²) in [4.78, 5) is 49.7. The fourth-order valence-electron chi connectivity index (χ4n) is 13.7. The highest BCUT2D eigenvalue weighted by molar-refractivity contribution is 5.84. The highest BCUT2D eigenvalue weighted by Gasteiger charge is 2.69. The Bertz CT molecular complexity index is 1470. The number of carbonyl (C=O) groups excluding carboxylic acids is 3. The summed E-state index contributed by atoms with van der Waals surface area (Å²) in [7, 11) is 0. The van der Waals surface area contributed by atoms with Crippen molar-refractivity contribution in [2.24, 2.45) is 50.2 Å². The first-order valence-corrected chi connectivity index (χ1v) is 23.5. The second-order valence-electron chi connectivity index (χ2n) is 21.7. The smallest absolute Gasteiger partial charge is 0.322 e. The van der Waals surface area contributed by atoms with Gasteiger partial charge in [-0.25, -0.2) is 0 Å². The number of nitrogens with one attached hydrogen (secondary N) is 2. The molecule has 3 unspecified atom stereocenters. The minimum Gasteiger partial charge on any atom is -0.480 e. The van der Waals surface area contributed by atoms with Crippen LogP contribution in [0.4, 0.5) is 0 Å². The van der Waals surface area contributed by atoms with Gasteiger partial charge in [0.25, 0.3) is 0 Å². The molecule has 0 radical (unpaired) electrons. The number of rotatable bonds is 19. The number of aliphatic carboxylic acids is 1. The summed E-state index contributed by atoms with van der Waals surface area (Å²) in [6, 6.07) is 0. The molecule has 0 heterocycles. The molecular formula is C49H82N2O6. The summed E-state index contributed by atoms with van der Waals surface area (Å²) < 4.78 is 6.30. The monoisotopic (exact) mass is 795 g/mol. The van der Waals surface area contributed by atoms with Crippen molar-refractivity contribution in [1.82, 2.24) is 10.6 Å². The van der Waals surface area contributed by atoms with E-state index in [1.54, 1.807) is 5.57 Å². The Kier molecular flexibility index (Phi) is 14.8. The van der Waals surface area contributed by atoms with Crippen LogP contribution in [0.2, 0.25) is 0 Å². The van der Waals surface area contributed by atoms with E-state index in [1.165, 1.54) is 12.8 Å². The molecule has 4 saturated carbocycles. The molecule has 0 aliphatic heterocycles. The SMILES string of the molecule is CCCCCC(=O)O[C@H]1CC[C@@]2(C)C(CC[C@]3(C)C2CC=C2C4CC(C)(C)CC[C@]4(C(=O)NCCCCCCCCCCC(=O)NCC(=O)O)CC[C@]23C)C1(C)C. The second kappa shape index (κ2) is 18.5. The third kappa shape index (κ3) is 9.50. The molecular weight excluding hydrogens is 713 g/mol. The molecule has 8 nitrogen and oxygen atoms in total. The Morgan fingerprint density at radius 3 is 2.07 bits per heavy atom. The number of hydrogen-bond donors (Lipinski definition) is 3. The van der Waals surface area contributed by atoms with Crippen LogP contribution < -0.4 is 10.6 Å². The van der Waals surface area contributed by atoms with Crippen LogP contribution >= 0.6 is 0 Å². The van der Waals surface area contributed by atoms with Crippen molar-refractivity contribution in [2.45, 2.75) is 209 Å². The average molecular weight is 795 g/mol. The third-order valence-corrected chi connectivity index (χ3v) is 17.3. The van der Waals surface area contributed by atoms with Gasteiger partial charge in [-0.3, -0.25) is 19.2 Å². The van der Waals surface area contributed by atoms with Gasteiger partial charge in [-0.2, -0.15) is 0 Å². The minimum atomic E-state index is -1.01. The first kappa shape index (κ1) is 45.7. The minimum absolute atomic E-state index is 0.00427. The van der Waals surface area contributed by atoms with Crippen LogP contribution in [0.3, 0.4) is 0 Å². The predicted molar refractivity (Wildman–Crippen MR) is 228 cm³/mol. The van der Waals surface area contributed by atoms with Crippen LogP contribution in [0.15, 0.2) is 11.6 Å². The quantitative estimate of drug-likeness (QED) is 0.0680. The predicted octanol–water partition coefficient (Wildman–Crippen LogP) is 11.1. The fraction of sp³-hybridized carbons (Fsp3) is 0.878. The molecule has 324 valence electrons. The van der Waals surface area contributed by atoms with E-state index in [-0.39, 0.29) is 57.0 Å². The van der Waals surface area contributed by atoms with Crippen LogP contribution in [-0.2, 0) is 23.9 Å². The van der Waals surface area contributed by atoms with Crippen LogP contribution in [0, 0.1) is 50.2 Å². The van der Waals surface area contributed by atoms with Gasteiger partial charge in [0.05, 0.1) is 5.41 Å². The largest absolute Gasteiger partial charge is 0.480 e. The lowest BCUT2D eigenvalue weighted by molar-refractivity contribution is -0.213. The number of carbonyl (C=O) groups is 4. The number of carboxylic acid groups (broad SMARTS) is 1. The molecule has 57 heavy (non-hydrogen) atoms. The topological polar surface area (TPSA) is 122 Å². The first-order valence-electron chi connectivity index (χ1n) is 23.5. The Morgan fingerprint density at radius 1 is 0.737 bits per heavy atom. The van der Waals surface area contributed by atoms with Gasteiger partial charge in [0, 0.05) is 24.8 Å². The molecule has 3 N–H and O–H groups in total. The van der Waals surface area contributed by atoms with Crippen molar-refractivity contribution in [2.75, 3.05) is 13.1 Å². The summed E-state index contributed by atoms with van der Waals surface area (Å²) in [5.41, 5.74) is 1.91. The van der Waals surface area contributed by atoms with E-state index in [0.717, 1.165) is 129 Å². The van der Waals surface area contributed by atoms with Crippen LogP contribution in [0.1, 0.15) is 203 Å². The summed E-state index contributed by atoms with van der Waals surface area (Å²) in [6.07, 6.45) is 26.0. The van der Waals surface area contributed by atoms with Crippen molar-refractivity contribution in [3.8, 4) is 0 Å². The molecule has 2 amide bonds. The number of carboxylic acids is 1. The molecule has 0 bridgehead atoms. The molecule has 5 rings (SSSR count). The highest BCUT2D eigenvalue weighted by Crippen LogP contribution is 2.76. The van der Waals surface area contributed by atoms with Crippen molar-refractivity contribution in [1.29, 1.82) is 0 Å². The molecule has 5 aliphatic rings. The number of ether oxygens (including phenoxy) is 1. The van der Waals surface area contributed by atoms with Crippen molar-refractivity contribution < 1.29 is 29.0 Å². The van der Waals surface area contributed by atoms with Crippen LogP contribution in [0.25, 0.3) is 0 Å². The Labute approximate surface area is 346 Å². The molecule has 0 aromatic carbocycles. The van der Waals surface area contributed by atoms with Gasteiger partial charge < -0.3 is 20.5 Å². The zero-order valence-corrected chi connectivity index (χ0v) is 37.6. The lowest BCUT2D eigenvalue weighted by Crippen LogP contribution is -2.65. The van der Waals surface area contributed by atoms with Crippen molar-refractivity contribution in [3.63, 3.8) is 0 Å². The summed E-state index contributed by atoms with van der Waals surface area (Å²) in [5.74, 6) is 0.502. The Hall–Kier alpha value is -2.38. The molecule has 0 aromatic heterocycles. The number of amides is 2. The molecule has 8 heteroatoms. The first-order chi connectivity index (χ1) is 26.9. The maximum absolute atomic E-state index is 14.5. The fourth-order valence-corrected chi connectivity index (χ4v) is 13.7. The standard InChI is InChI=1S/C49H82N2O6/c1-9-10-17-21-42(55)57-39-25-26-46(6)37(45(39,4)5)24-27-48(8)38(46)23-22-35-36-33-44(2,3)28-30-49(36,31-29-47(35,48)7)43(56)50-32-19-16-14-12-11-13-15-18-20-40(52)51-34-41(53)54/h22,36-39H,9-21,23-34H2,1-8H3,(H,50,56)(H,51,52)(H,53,54)/t36?,37?,38?,39-,46-,47+,48+,49-/m0/s1. The Morgan fingerprint density at radius 2 is 1.39 bits per heavy atom. The summed E-state index contributed by atoms with van der Waals surface area (Å²) >= 11 is 0. The van der Waals surface area contributed by atoms with E-state index in [1.807, 2.05) is 0 Å². The number of hydrogen-bond acceptors (Lipinski definition) is 5. The van der Waals surface area contributed by atoms with Gasteiger partial charge in [-0.15, -0.1) is 0 Å². The molecule has 0 saturated heterocycles. The van der Waals surface area contributed by atoms with Crippen molar-refractivity contribution in [3.05, 3.63) is 11.6 Å². The number of allylic oxidation sites excluding steroid dienone is 2. The van der Waals surface area contributed by atoms with Crippen LogP contribution in [0.5, 0.6) is 0 Å². The molecule has 5 aliphatic carbocycles. The van der Waals surface area contributed by atoms with E-state index >= 15 is 0 Å². The lowest BCUT2D eigenvalue weighted by atomic mass is 9.33. The summed E-state index contributed by atoms with van der Waals surface area (Å²) in [6.45, 7) is 20.1. The van der Waals surface area contributed by atoms with E-state index in [4.69, 9.17) is 9.84 Å². The maximum Gasteiger partial charge on any atom is 0.322 e. The molecule has 8 atom stereocenters. The number of fused-ring (bicyclic) bond motifs is 7. The van der Waals surface area contributed by atoms with Crippen molar-refractivity contribution >= 4 is 23.8 Å². The van der Waals surface area contributed by atoms with E-state index in [0.29, 0.717) is 36.5 Å². The van der Waals surface area contributed by atoms with E-state index in [2.05, 4.69) is 72.1 Å². The Balaban J connectivity index is 1.18. The van der Waals surface area contributed by atoms with Gasteiger partial charge in [-0.05, 0) is 123 Å². The molecule has 0 spiro atoms. The zero-order valence-electron chi connectivity index (χ0n) is 37.6. The van der Waals surface area contributed by atoms with Gasteiger partial charge >= 0.3 is 11.9 Å². The summed E-state index contributed by atoms with van der Waals surface area (Å²) in [5, 5.41) is 14.6. The van der Waals surface area contributed by atoms with E-state index < -0.39 is 5.97 Å². The van der Waals surface area contributed by atoms with Gasteiger partial charge in [0.2, 0.25) is 11.8 Å². The molecule has 4 fully saturated rings. The molecule has 0 aromatic rings. The lowest BCUT2D eigenvalue weighted by Gasteiger charge is -2.71.